The van der Waals surface area contributed by atoms with Crippen molar-refractivity contribution in [3.63, 3.8) is 0 Å². The number of nitrogens with one attached hydrogen (secondary N) is 1. The van der Waals surface area contributed by atoms with Crippen LogP contribution < -0.4 is 5.32 Å². The molecule has 0 bridgehead atoms. The van der Waals surface area contributed by atoms with E-state index in [1.54, 1.807) is 0 Å². The molecule has 5 heteroatoms. The first-order chi connectivity index (χ1) is 8.26. The fourth-order valence-corrected chi connectivity index (χ4v) is 2.55. The quantitative estimate of drug-likeness (QED) is 0.820. The average molecular weight is 237 g/mol. The summed E-state index contributed by atoms with van der Waals surface area (Å²) in [5, 5.41) is 17.6. The van der Waals surface area contributed by atoms with Crippen LogP contribution in [0.1, 0.15) is 43.8 Å². The van der Waals surface area contributed by atoms with Crippen molar-refractivity contribution >= 4 is 0 Å². The fraction of sp³-hybridized carbons (Fsp3) is 0.833. The molecule has 0 amide bonds. The first-order valence-corrected chi connectivity index (χ1v) is 6.52. The van der Waals surface area contributed by atoms with Crippen molar-refractivity contribution in [2.24, 2.45) is 5.92 Å². The smallest absolute Gasteiger partial charge is 0.259 e. The molecule has 1 aromatic heterocycles. The minimum absolute atomic E-state index is 0.388. The third kappa shape index (κ3) is 2.21. The second kappa shape index (κ2) is 4.38. The Morgan fingerprint density at radius 2 is 2.29 bits per heavy atom. The summed E-state index contributed by atoms with van der Waals surface area (Å²) in [6, 6.07) is 0. The van der Waals surface area contributed by atoms with Gasteiger partial charge in [-0.2, -0.15) is 4.98 Å². The van der Waals surface area contributed by atoms with E-state index in [1.807, 2.05) is 0 Å². The molecule has 1 saturated heterocycles. The van der Waals surface area contributed by atoms with E-state index < -0.39 is 5.60 Å². The molecule has 1 aliphatic heterocycles. The molecule has 0 spiro atoms. The maximum Gasteiger partial charge on any atom is 0.259 e. The first-order valence-electron chi connectivity index (χ1n) is 6.52. The van der Waals surface area contributed by atoms with Crippen LogP contribution in [0.2, 0.25) is 0 Å². The normalized spacial score (nSPS) is 30.2. The molecule has 1 atom stereocenters. The van der Waals surface area contributed by atoms with Gasteiger partial charge in [0.1, 0.15) is 0 Å². The molecule has 0 radical (unpaired) electrons. The number of aliphatic hydroxyl groups is 1. The molecule has 17 heavy (non-hydrogen) atoms. The van der Waals surface area contributed by atoms with Crippen LogP contribution in [0, 0.1) is 5.92 Å². The number of nitrogens with zero attached hydrogens (tertiary/aromatic N) is 2. The molecule has 1 aliphatic carbocycles. The summed E-state index contributed by atoms with van der Waals surface area (Å²) in [6.07, 6.45) is 6.41. The van der Waals surface area contributed by atoms with Crippen LogP contribution in [0.15, 0.2) is 4.52 Å². The van der Waals surface area contributed by atoms with Gasteiger partial charge < -0.3 is 14.9 Å². The maximum atomic E-state index is 10.4. The van der Waals surface area contributed by atoms with E-state index in [2.05, 4.69) is 15.5 Å². The number of β-amino-alcohol motifs (C(OH)–C–C–N with tert-alkyl or cyclic N) is 1. The lowest BCUT2D eigenvalue weighted by Gasteiger charge is -2.28. The molecule has 5 nitrogen and oxygen atoms in total. The van der Waals surface area contributed by atoms with Gasteiger partial charge in [-0.3, -0.25) is 0 Å². The number of piperidine rings is 1. The SMILES string of the molecule is OC1(c2nc(CC3CCC3)no2)CCCNC1. The van der Waals surface area contributed by atoms with Gasteiger partial charge in [-0.15, -0.1) is 0 Å². The zero-order valence-electron chi connectivity index (χ0n) is 9.98. The second-order valence-electron chi connectivity index (χ2n) is 5.33. The average Bonchev–Trinajstić information content (AvgIpc) is 2.74. The van der Waals surface area contributed by atoms with E-state index in [0.29, 0.717) is 18.9 Å². The summed E-state index contributed by atoms with van der Waals surface area (Å²) in [5.41, 5.74) is -0.955. The van der Waals surface area contributed by atoms with Crippen molar-refractivity contribution in [1.82, 2.24) is 15.5 Å². The predicted octanol–water partition coefficient (Wildman–Crippen LogP) is 0.983. The Labute approximate surface area is 101 Å². The molecule has 1 saturated carbocycles. The fourth-order valence-electron chi connectivity index (χ4n) is 2.55. The van der Waals surface area contributed by atoms with Crippen molar-refractivity contribution in [3.8, 4) is 0 Å². The van der Waals surface area contributed by atoms with Crippen molar-refractivity contribution < 1.29 is 9.63 Å². The minimum atomic E-state index is -0.955. The van der Waals surface area contributed by atoms with Crippen LogP contribution in [0.3, 0.4) is 0 Å². The number of hydrogen-bond donors (Lipinski definition) is 2. The first kappa shape index (κ1) is 11.2. The highest BCUT2D eigenvalue weighted by atomic mass is 16.5. The van der Waals surface area contributed by atoms with E-state index in [1.165, 1.54) is 19.3 Å². The van der Waals surface area contributed by atoms with Gasteiger partial charge in [0.2, 0.25) is 0 Å². The third-order valence-electron chi connectivity index (χ3n) is 3.92. The van der Waals surface area contributed by atoms with Gasteiger partial charge in [-0.25, -0.2) is 0 Å². The van der Waals surface area contributed by atoms with Crippen LogP contribution in [-0.4, -0.2) is 28.3 Å². The highest BCUT2D eigenvalue weighted by Crippen LogP contribution is 2.30. The van der Waals surface area contributed by atoms with Crippen molar-refractivity contribution in [3.05, 3.63) is 11.7 Å². The number of aromatic nitrogens is 2. The number of rotatable bonds is 3. The third-order valence-corrected chi connectivity index (χ3v) is 3.92. The Hall–Kier alpha value is -0.940. The van der Waals surface area contributed by atoms with Gasteiger partial charge in [0.05, 0.1) is 0 Å². The lowest BCUT2D eigenvalue weighted by Crippen LogP contribution is -2.43. The molecule has 0 aromatic carbocycles. The van der Waals surface area contributed by atoms with Crippen LogP contribution in [0.25, 0.3) is 0 Å². The van der Waals surface area contributed by atoms with E-state index >= 15 is 0 Å². The molecule has 94 valence electrons. The minimum Gasteiger partial charge on any atom is -0.379 e. The number of hydrogen-bond acceptors (Lipinski definition) is 5. The Morgan fingerprint density at radius 3 is 2.94 bits per heavy atom. The Bertz CT molecular complexity index is 381. The molecule has 1 aromatic rings. The van der Waals surface area contributed by atoms with Gasteiger partial charge in [0.15, 0.2) is 11.4 Å². The van der Waals surface area contributed by atoms with E-state index in [9.17, 15) is 5.11 Å². The molecule has 3 rings (SSSR count). The highest BCUT2D eigenvalue weighted by molar-refractivity contribution is 5.02. The second-order valence-corrected chi connectivity index (χ2v) is 5.33. The monoisotopic (exact) mass is 237 g/mol. The van der Waals surface area contributed by atoms with Gasteiger partial charge >= 0.3 is 0 Å². The summed E-state index contributed by atoms with van der Waals surface area (Å²) in [5.74, 6) is 1.86. The van der Waals surface area contributed by atoms with E-state index in [0.717, 1.165) is 31.1 Å². The van der Waals surface area contributed by atoms with Gasteiger partial charge in [0.25, 0.3) is 5.89 Å². The molecular weight excluding hydrogens is 218 g/mol. The zero-order valence-corrected chi connectivity index (χ0v) is 9.98. The summed E-state index contributed by atoms with van der Waals surface area (Å²) in [6.45, 7) is 1.46. The lowest BCUT2D eigenvalue weighted by atomic mass is 9.83. The summed E-state index contributed by atoms with van der Waals surface area (Å²) in [7, 11) is 0. The molecule has 2 fully saturated rings. The van der Waals surface area contributed by atoms with Crippen molar-refractivity contribution in [2.75, 3.05) is 13.1 Å². The molecule has 2 N–H and O–H groups in total. The molecule has 2 aliphatic rings. The van der Waals surface area contributed by atoms with Crippen LogP contribution in [0.5, 0.6) is 0 Å². The summed E-state index contributed by atoms with van der Waals surface area (Å²) >= 11 is 0. The van der Waals surface area contributed by atoms with Crippen molar-refractivity contribution in [2.45, 2.75) is 44.1 Å². The van der Waals surface area contributed by atoms with Gasteiger partial charge in [0, 0.05) is 13.0 Å². The Balaban J connectivity index is 1.69. The van der Waals surface area contributed by atoms with Crippen LogP contribution >= 0.6 is 0 Å². The van der Waals surface area contributed by atoms with Crippen molar-refractivity contribution in [1.29, 1.82) is 0 Å². The zero-order chi connectivity index (χ0) is 11.7. The topological polar surface area (TPSA) is 71.2 Å². The Kier molecular flexibility index (Phi) is 2.88. The lowest BCUT2D eigenvalue weighted by molar-refractivity contribution is -0.0167. The largest absolute Gasteiger partial charge is 0.379 e. The predicted molar refractivity (Wildman–Crippen MR) is 61.3 cm³/mol. The van der Waals surface area contributed by atoms with Gasteiger partial charge in [-0.1, -0.05) is 24.4 Å². The standard InChI is InChI=1S/C12H19N3O2/c16-12(5-2-6-13-8-12)11-14-10(15-17-11)7-9-3-1-4-9/h9,13,16H,1-8H2. The molecule has 1 unspecified atom stereocenters. The summed E-state index contributed by atoms with van der Waals surface area (Å²) < 4.78 is 5.23. The van der Waals surface area contributed by atoms with E-state index in [4.69, 9.17) is 4.52 Å². The molecular formula is C12H19N3O2. The van der Waals surface area contributed by atoms with Crippen LogP contribution in [0.4, 0.5) is 0 Å². The van der Waals surface area contributed by atoms with Gasteiger partial charge in [-0.05, 0) is 25.3 Å². The maximum absolute atomic E-state index is 10.4. The van der Waals surface area contributed by atoms with Crippen LogP contribution in [-0.2, 0) is 12.0 Å². The van der Waals surface area contributed by atoms with E-state index in [-0.39, 0.29) is 0 Å². The summed E-state index contributed by atoms with van der Waals surface area (Å²) in [4.78, 5) is 4.36. The highest BCUT2D eigenvalue weighted by Gasteiger charge is 2.37. The Morgan fingerprint density at radius 1 is 1.41 bits per heavy atom. The molecule has 2 heterocycles.